The van der Waals surface area contributed by atoms with Crippen LogP contribution >= 0.6 is 7.82 Å². The third kappa shape index (κ3) is 6.18. The zero-order valence-corrected chi connectivity index (χ0v) is 25.3. The molecule has 6 rings (SSSR count). The molecule has 6 N–H and O–H groups in total. The van der Waals surface area contributed by atoms with Crippen molar-refractivity contribution in [1.82, 2.24) is 0 Å². The van der Waals surface area contributed by atoms with Crippen molar-refractivity contribution >= 4 is 7.82 Å². The van der Waals surface area contributed by atoms with Gasteiger partial charge in [0.05, 0.1) is 16.7 Å². The number of hydrogen-bond donors (Lipinski definition) is 6. The number of phenolic OH excluding ortho intramolecular Hbond substituents is 6. The number of hydrogen-bond acceptors (Lipinski definition) is 10. The normalized spacial score (nSPS) is 11.1. The van der Waals surface area contributed by atoms with Gasteiger partial charge in [0.1, 0.15) is 17.2 Å². The van der Waals surface area contributed by atoms with E-state index < -0.39 is 42.3 Å². The number of phosphoric ester groups is 1. The first-order chi connectivity index (χ1) is 22.6. The molecule has 11 heteroatoms. The summed E-state index contributed by atoms with van der Waals surface area (Å²) in [5, 5.41) is 65.4. The van der Waals surface area contributed by atoms with Gasteiger partial charge in [0, 0.05) is 0 Å². The second-order valence-electron chi connectivity index (χ2n) is 10.2. The fourth-order valence-electron chi connectivity index (χ4n) is 4.99. The molecule has 0 amide bonds. The molecule has 0 atom stereocenters. The van der Waals surface area contributed by atoms with E-state index in [9.17, 15) is 35.2 Å². The Hall–Kier alpha value is -6.25. The zero-order chi connectivity index (χ0) is 33.1. The number of benzene rings is 6. The molecule has 10 nitrogen and oxygen atoms in total. The largest absolute Gasteiger partial charge is 0.647 e. The SMILES string of the molecule is O=P(Oc1ccc(O)c(-c2ccccc2)c1O)(Oc1ccc(O)c(-c2ccccc2)c1O)Oc1ccc(O)c(-c2ccccc2)c1O. The number of rotatable bonds is 9. The van der Waals surface area contributed by atoms with Crippen molar-refractivity contribution in [2.75, 3.05) is 0 Å². The molecule has 0 aromatic heterocycles. The van der Waals surface area contributed by atoms with E-state index in [1.54, 1.807) is 91.0 Å². The summed E-state index contributed by atoms with van der Waals surface area (Å²) in [7, 11) is -5.07. The van der Waals surface area contributed by atoms with Gasteiger partial charge < -0.3 is 44.2 Å². The van der Waals surface area contributed by atoms with E-state index in [0.717, 1.165) is 18.2 Å². The van der Waals surface area contributed by atoms with Gasteiger partial charge in [-0.2, -0.15) is 4.57 Å². The van der Waals surface area contributed by atoms with Crippen LogP contribution in [-0.4, -0.2) is 30.6 Å². The Morgan fingerprint density at radius 1 is 0.362 bits per heavy atom. The van der Waals surface area contributed by atoms with Gasteiger partial charge in [-0.15, -0.1) is 0 Å². The molecule has 0 spiro atoms. The van der Waals surface area contributed by atoms with E-state index in [2.05, 4.69) is 0 Å². The molecule has 0 fully saturated rings. The molecule has 0 aliphatic heterocycles. The van der Waals surface area contributed by atoms with Crippen molar-refractivity contribution in [3.05, 3.63) is 127 Å². The molecule has 47 heavy (non-hydrogen) atoms. The fourth-order valence-corrected chi connectivity index (χ4v) is 6.27. The van der Waals surface area contributed by atoms with Crippen molar-refractivity contribution in [3.63, 3.8) is 0 Å². The third-order valence-corrected chi connectivity index (χ3v) is 8.44. The van der Waals surface area contributed by atoms with Crippen LogP contribution in [0.5, 0.6) is 51.7 Å². The van der Waals surface area contributed by atoms with Gasteiger partial charge in [0.25, 0.3) is 0 Å². The highest BCUT2D eigenvalue weighted by atomic mass is 31.2. The molecule has 6 aromatic rings. The van der Waals surface area contributed by atoms with Crippen molar-refractivity contribution < 1.29 is 48.8 Å². The minimum Gasteiger partial charge on any atom is -0.507 e. The molecule has 6 aromatic carbocycles. The molecular weight excluding hydrogens is 623 g/mol. The van der Waals surface area contributed by atoms with Gasteiger partial charge in [-0.05, 0) is 53.1 Å². The Morgan fingerprint density at radius 3 is 0.872 bits per heavy atom. The molecule has 0 aliphatic rings. The Kier molecular flexibility index (Phi) is 8.27. The van der Waals surface area contributed by atoms with Gasteiger partial charge in [-0.25, -0.2) is 0 Å². The molecular formula is C36H27O10P. The van der Waals surface area contributed by atoms with Crippen molar-refractivity contribution in [1.29, 1.82) is 0 Å². The van der Waals surface area contributed by atoms with E-state index >= 15 is 0 Å². The van der Waals surface area contributed by atoms with Crippen LogP contribution in [0.3, 0.4) is 0 Å². The Morgan fingerprint density at radius 2 is 0.617 bits per heavy atom. The van der Waals surface area contributed by atoms with E-state index in [1.807, 2.05) is 0 Å². The molecule has 0 saturated heterocycles. The predicted octanol–water partition coefficient (Wildman–Crippen LogP) is 8.57. The minimum atomic E-state index is -5.07. The summed E-state index contributed by atoms with van der Waals surface area (Å²) in [4.78, 5) is 0. The smallest absolute Gasteiger partial charge is 0.507 e. The Balaban J connectivity index is 1.47. The standard InChI is InChI=1S/C36H27O10P/c37-25-16-19-28(34(40)31(25)22-10-4-1-5-11-22)44-47(43,45-29-20-17-26(38)32(35(29)41)23-12-6-2-7-13-23)46-30-21-18-27(39)33(36(30)42)24-14-8-3-9-15-24/h1-21,37-42H. The van der Waals surface area contributed by atoms with Gasteiger partial charge >= 0.3 is 7.82 Å². The van der Waals surface area contributed by atoms with E-state index in [-0.39, 0.29) is 33.9 Å². The lowest BCUT2D eigenvalue weighted by Gasteiger charge is -2.23. The van der Waals surface area contributed by atoms with Crippen LogP contribution < -0.4 is 13.6 Å². The van der Waals surface area contributed by atoms with Gasteiger partial charge in [0.15, 0.2) is 34.5 Å². The van der Waals surface area contributed by atoms with Crippen LogP contribution in [-0.2, 0) is 4.57 Å². The van der Waals surface area contributed by atoms with Crippen LogP contribution in [0.1, 0.15) is 0 Å². The molecule has 236 valence electrons. The number of aromatic hydroxyl groups is 6. The maximum atomic E-state index is 14.6. The summed E-state index contributed by atoms with van der Waals surface area (Å²) in [6, 6.07) is 32.2. The highest BCUT2D eigenvalue weighted by Crippen LogP contribution is 2.58. The first kappa shape index (κ1) is 30.8. The average molecular weight is 651 g/mol. The molecule has 0 heterocycles. The topological polar surface area (TPSA) is 166 Å². The maximum Gasteiger partial charge on any atom is 0.647 e. The highest BCUT2D eigenvalue weighted by Gasteiger charge is 2.38. The second kappa shape index (κ2) is 12.6. The van der Waals surface area contributed by atoms with Gasteiger partial charge in [-0.1, -0.05) is 91.0 Å². The van der Waals surface area contributed by atoms with Crippen LogP contribution in [0.25, 0.3) is 33.4 Å². The monoisotopic (exact) mass is 650 g/mol. The lowest BCUT2D eigenvalue weighted by molar-refractivity contribution is 0.281. The van der Waals surface area contributed by atoms with Gasteiger partial charge in [-0.3, -0.25) is 0 Å². The number of phenols is 6. The Bertz CT molecular complexity index is 1860. The molecule has 0 bridgehead atoms. The van der Waals surface area contributed by atoms with Gasteiger partial charge in [0.2, 0.25) is 0 Å². The lowest BCUT2D eigenvalue weighted by Crippen LogP contribution is -2.08. The Labute approximate surface area is 268 Å². The number of phosphoric acid groups is 1. The second-order valence-corrected chi connectivity index (χ2v) is 11.7. The van der Waals surface area contributed by atoms with Crippen molar-refractivity contribution in [2.24, 2.45) is 0 Å². The summed E-state index contributed by atoms with van der Waals surface area (Å²) >= 11 is 0. The highest BCUT2D eigenvalue weighted by molar-refractivity contribution is 7.49. The van der Waals surface area contributed by atoms with Crippen molar-refractivity contribution in [2.45, 2.75) is 0 Å². The van der Waals surface area contributed by atoms with E-state index in [0.29, 0.717) is 16.7 Å². The van der Waals surface area contributed by atoms with Crippen LogP contribution in [0, 0.1) is 0 Å². The summed E-state index contributed by atoms with van der Waals surface area (Å²) in [6.45, 7) is 0. The first-order valence-electron chi connectivity index (χ1n) is 14.1. The van der Waals surface area contributed by atoms with Crippen molar-refractivity contribution in [3.8, 4) is 85.1 Å². The van der Waals surface area contributed by atoms with Crippen LogP contribution in [0.2, 0.25) is 0 Å². The average Bonchev–Trinajstić information content (AvgIpc) is 3.07. The van der Waals surface area contributed by atoms with Crippen LogP contribution in [0.4, 0.5) is 0 Å². The fraction of sp³-hybridized carbons (Fsp3) is 0. The predicted molar refractivity (Wildman–Crippen MR) is 175 cm³/mol. The van der Waals surface area contributed by atoms with E-state index in [1.165, 1.54) is 18.2 Å². The van der Waals surface area contributed by atoms with E-state index in [4.69, 9.17) is 13.6 Å². The molecule has 0 radical (unpaired) electrons. The first-order valence-corrected chi connectivity index (χ1v) is 15.6. The quantitative estimate of drug-likeness (QED) is 0.0835. The minimum absolute atomic E-state index is 0.0349. The third-order valence-electron chi connectivity index (χ3n) is 7.17. The summed E-state index contributed by atoms with van der Waals surface area (Å²) in [5.74, 6) is -4.04. The zero-order valence-electron chi connectivity index (χ0n) is 24.4. The molecule has 0 aliphatic carbocycles. The molecule has 0 unspecified atom stereocenters. The molecule has 0 saturated carbocycles. The summed E-state index contributed by atoms with van der Waals surface area (Å²) < 4.78 is 31.8. The lowest BCUT2D eigenvalue weighted by atomic mass is 10.0. The van der Waals surface area contributed by atoms with Crippen LogP contribution in [0.15, 0.2) is 127 Å². The maximum absolute atomic E-state index is 14.6. The summed E-state index contributed by atoms with van der Waals surface area (Å²) in [6.07, 6.45) is 0. The summed E-state index contributed by atoms with van der Waals surface area (Å²) in [5.41, 5.74) is 1.14.